The predicted molar refractivity (Wildman–Crippen MR) is 333 cm³/mol. The van der Waals surface area contributed by atoms with Gasteiger partial charge in [0.15, 0.2) is 0 Å². The Morgan fingerprint density at radius 3 is 1.28 bits per heavy atom. The van der Waals surface area contributed by atoms with Gasteiger partial charge in [-0.25, -0.2) is 4.85 Å². The molecule has 12 aromatic carbocycles. The summed E-state index contributed by atoms with van der Waals surface area (Å²) in [6.45, 7) is 9.91. The molecule has 0 unspecified atom stereocenters. The van der Waals surface area contributed by atoms with Crippen LogP contribution in [0.2, 0.25) is 0 Å². The minimum atomic E-state index is 0.328. The molecule has 0 aliphatic heterocycles. The minimum absolute atomic E-state index is 0.328. The Morgan fingerprint density at radius 2 is 0.753 bits per heavy atom. The third kappa shape index (κ3) is 6.09. The van der Waals surface area contributed by atoms with Gasteiger partial charge in [-0.1, -0.05) is 194 Å². The standard InChI is InChI=1S/C74H42N6O/c1-76-69-71(77-58-34-14-7-26-48(58)49-27-8-15-35-59(49)77)57(44-75)72(78-60-36-16-9-28-50(60)51-29-10-17-37-61(51)78)74(73(69)79-62-38-18-11-30-52(62)53-31-12-19-39-63(53)79)80-64-40-21-33-54(47-25-6-5-24-46(47)45-22-3-2-4-23-45)67(64)56-42-43-66-68(70(56)80)55-32-13-20-41-65(55)81-66/h2-43H. The van der Waals surface area contributed by atoms with Crippen LogP contribution in [0.4, 0.5) is 5.69 Å². The topological polar surface area (TPSA) is 61.0 Å². The summed E-state index contributed by atoms with van der Waals surface area (Å²) in [6, 6.07) is 92.1. The normalized spacial score (nSPS) is 11.9. The summed E-state index contributed by atoms with van der Waals surface area (Å²) in [5.74, 6) is 0. The van der Waals surface area contributed by atoms with E-state index < -0.39 is 0 Å². The Bertz CT molecular complexity index is 5320. The SMILES string of the molecule is [C-]#[N+]c1c(-n2c3ccccc3c3ccccc32)c(C#N)c(-n2c3ccccc3c3ccccc32)c(-n2c3cccc(-c4ccccc4-c4ccccc4)c3c3ccc4oc5ccccc5c4c32)c1-n1c2ccccc2c2ccccc21. The van der Waals surface area contributed by atoms with Crippen molar-refractivity contribution in [2.24, 2.45) is 0 Å². The lowest BCUT2D eigenvalue weighted by Crippen LogP contribution is -2.14. The number of para-hydroxylation sites is 7. The average Bonchev–Trinajstić information content (AvgIpc) is 2.32. The Labute approximate surface area is 463 Å². The van der Waals surface area contributed by atoms with Crippen molar-refractivity contribution in [2.45, 2.75) is 0 Å². The van der Waals surface area contributed by atoms with Gasteiger partial charge in [0, 0.05) is 48.5 Å². The molecule has 0 saturated carbocycles. The molecule has 7 nitrogen and oxygen atoms in total. The molecule has 0 N–H and O–H groups in total. The number of benzene rings is 12. The maximum atomic E-state index is 12.7. The lowest BCUT2D eigenvalue weighted by molar-refractivity contribution is 0.669. The molecule has 0 saturated heterocycles. The minimum Gasteiger partial charge on any atom is -0.456 e. The summed E-state index contributed by atoms with van der Waals surface area (Å²) in [5.41, 5.74) is 16.2. The van der Waals surface area contributed by atoms with Crippen LogP contribution in [0.1, 0.15) is 5.56 Å². The molecule has 5 heterocycles. The van der Waals surface area contributed by atoms with Gasteiger partial charge in [0.05, 0.1) is 84.4 Å². The molecule has 17 aromatic rings. The van der Waals surface area contributed by atoms with Crippen molar-refractivity contribution in [3.8, 4) is 51.1 Å². The number of hydrogen-bond donors (Lipinski definition) is 0. The van der Waals surface area contributed by atoms with Crippen LogP contribution in [0, 0.1) is 17.9 Å². The van der Waals surface area contributed by atoms with E-state index in [0.29, 0.717) is 34.0 Å². The van der Waals surface area contributed by atoms with Crippen LogP contribution in [0.25, 0.3) is 159 Å². The van der Waals surface area contributed by atoms with E-state index in [2.05, 4.69) is 255 Å². The molecule has 17 rings (SSSR count). The highest BCUT2D eigenvalue weighted by Crippen LogP contribution is 2.54. The summed E-state index contributed by atoms with van der Waals surface area (Å²) in [7, 11) is 0. The first kappa shape index (κ1) is 44.7. The van der Waals surface area contributed by atoms with E-state index in [1.54, 1.807) is 0 Å². The summed E-state index contributed by atoms with van der Waals surface area (Å²) in [6.07, 6.45) is 0. The van der Waals surface area contributed by atoms with Gasteiger partial charge in [0.25, 0.3) is 0 Å². The van der Waals surface area contributed by atoms with Gasteiger partial charge < -0.3 is 22.7 Å². The number of rotatable bonds is 6. The number of fused-ring (bicyclic) bond motifs is 16. The summed E-state index contributed by atoms with van der Waals surface area (Å²) in [5, 5.41) is 22.8. The molecule has 0 amide bonds. The molecule has 0 atom stereocenters. The quantitative estimate of drug-likeness (QED) is 0.156. The number of aromatic nitrogens is 4. The third-order valence-electron chi connectivity index (χ3n) is 16.8. The van der Waals surface area contributed by atoms with Gasteiger partial charge in [-0.05, 0) is 82.9 Å². The number of nitrogens with zero attached hydrogens (tertiary/aromatic N) is 6. The number of nitriles is 1. The van der Waals surface area contributed by atoms with Crippen LogP contribution in [0.3, 0.4) is 0 Å². The van der Waals surface area contributed by atoms with Crippen molar-refractivity contribution in [2.75, 3.05) is 0 Å². The molecule has 7 heteroatoms. The Balaban J connectivity index is 1.20. The van der Waals surface area contributed by atoms with E-state index in [4.69, 9.17) is 9.26 Å². The van der Waals surface area contributed by atoms with Gasteiger partial charge in [-0.15, -0.1) is 0 Å². The molecule has 0 radical (unpaired) electrons. The zero-order valence-electron chi connectivity index (χ0n) is 43.3. The highest BCUT2D eigenvalue weighted by molar-refractivity contribution is 6.28. The van der Waals surface area contributed by atoms with E-state index >= 15 is 0 Å². The van der Waals surface area contributed by atoms with Crippen molar-refractivity contribution in [1.82, 2.24) is 18.3 Å². The van der Waals surface area contributed by atoms with Crippen LogP contribution in [-0.4, -0.2) is 18.3 Å². The maximum absolute atomic E-state index is 12.7. The van der Waals surface area contributed by atoms with Crippen LogP contribution in [-0.2, 0) is 0 Å². The molecule has 5 aromatic heterocycles. The molecule has 374 valence electrons. The summed E-state index contributed by atoms with van der Waals surface area (Å²) in [4.78, 5) is 4.82. The zero-order chi connectivity index (χ0) is 53.4. The lowest BCUT2D eigenvalue weighted by atomic mass is 9.92. The van der Waals surface area contributed by atoms with Crippen molar-refractivity contribution in [3.05, 3.63) is 272 Å². The molecule has 0 aliphatic carbocycles. The van der Waals surface area contributed by atoms with Crippen molar-refractivity contribution in [1.29, 1.82) is 5.26 Å². The van der Waals surface area contributed by atoms with Crippen LogP contribution in [0.15, 0.2) is 259 Å². The summed E-state index contributed by atoms with van der Waals surface area (Å²) >= 11 is 0. The molecular weight excluding hydrogens is 989 g/mol. The van der Waals surface area contributed by atoms with E-state index in [1.165, 1.54) is 0 Å². The zero-order valence-corrected chi connectivity index (χ0v) is 43.3. The van der Waals surface area contributed by atoms with E-state index in [9.17, 15) is 11.8 Å². The maximum Gasteiger partial charge on any atom is 0.237 e. The molecule has 0 fully saturated rings. The lowest BCUT2D eigenvalue weighted by Gasteiger charge is -2.27. The Morgan fingerprint density at radius 1 is 0.321 bits per heavy atom. The van der Waals surface area contributed by atoms with Crippen LogP contribution < -0.4 is 0 Å². The molecule has 81 heavy (non-hydrogen) atoms. The Hall–Kier alpha value is -11.4. The first-order chi connectivity index (χ1) is 40.2. The monoisotopic (exact) mass is 1030 g/mol. The van der Waals surface area contributed by atoms with E-state index in [-0.39, 0.29) is 0 Å². The van der Waals surface area contributed by atoms with E-state index in [1.807, 2.05) is 24.3 Å². The second-order valence-electron chi connectivity index (χ2n) is 20.8. The van der Waals surface area contributed by atoms with Crippen molar-refractivity contribution in [3.63, 3.8) is 0 Å². The van der Waals surface area contributed by atoms with Gasteiger partial charge in [-0.3, -0.25) is 0 Å². The fourth-order valence-electron chi connectivity index (χ4n) is 13.7. The fourth-order valence-corrected chi connectivity index (χ4v) is 13.7. The Kier molecular flexibility index (Phi) is 9.42. The number of hydrogen-bond acceptors (Lipinski definition) is 2. The van der Waals surface area contributed by atoms with Gasteiger partial charge >= 0.3 is 0 Å². The largest absolute Gasteiger partial charge is 0.456 e. The smallest absolute Gasteiger partial charge is 0.237 e. The first-order valence-corrected chi connectivity index (χ1v) is 27.2. The molecule has 0 spiro atoms. The highest BCUT2D eigenvalue weighted by atomic mass is 16.3. The number of furan rings is 1. The highest BCUT2D eigenvalue weighted by Gasteiger charge is 2.35. The molecule has 0 bridgehead atoms. The predicted octanol–water partition coefficient (Wildman–Crippen LogP) is 19.7. The second kappa shape index (κ2) is 17.1. The van der Waals surface area contributed by atoms with Gasteiger partial charge in [-0.2, -0.15) is 5.26 Å². The first-order valence-electron chi connectivity index (χ1n) is 27.2. The third-order valence-corrected chi connectivity index (χ3v) is 16.8. The fraction of sp³-hybridized carbons (Fsp3) is 0. The van der Waals surface area contributed by atoms with Crippen molar-refractivity contribution < 1.29 is 4.42 Å². The summed E-state index contributed by atoms with van der Waals surface area (Å²) < 4.78 is 16.1. The van der Waals surface area contributed by atoms with Crippen LogP contribution in [0.5, 0.6) is 0 Å². The second-order valence-corrected chi connectivity index (χ2v) is 20.8. The van der Waals surface area contributed by atoms with E-state index in [0.717, 1.165) is 131 Å². The molecule has 0 aliphatic rings. The van der Waals surface area contributed by atoms with Gasteiger partial charge in [0.2, 0.25) is 5.69 Å². The molecular formula is C74H42N6O. The van der Waals surface area contributed by atoms with Crippen molar-refractivity contribution >= 4 is 115 Å². The average molecular weight is 1030 g/mol. The van der Waals surface area contributed by atoms with Crippen LogP contribution >= 0.6 is 0 Å². The van der Waals surface area contributed by atoms with Gasteiger partial charge in [0.1, 0.15) is 17.2 Å².